The second kappa shape index (κ2) is 11.4. The maximum Gasteiger partial charge on any atom is 0.224 e. The smallest absolute Gasteiger partial charge is 0.198 e. The molecule has 1 aromatic rings. The highest BCUT2D eigenvalue weighted by molar-refractivity contribution is 7.07. The van der Waals surface area contributed by atoms with Crippen LogP contribution in [-0.2, 0) is 7.05 Å². The Bertz CT molecular complexity index is 113. The number of hydrogen-bond donors (Lipinski definition) is 0. The molecule has 0 saturated carbocycles. The van der Waals surface area contributed by atoms with Gasteiger partial charge in [0, 0.05) is 0 Å². The summed E-state index contributed by atoms with van der Waals surface area (Å²) in [5, 5.41) is 2.04. The standard InChI is InChI=1S/C4H6NS.2C2H6/c1-5-2-3-6-4-5;2*1-2/h2-4H,1H3;2*1-2H3/q+1;;. The van der Waals surface area contributed by atoms with Crippen molar-refractivity contribution < 1.29 is 4.57 Å². The lowest BCUT2D eigenvalue weighted by Gasteiger charge is -1.62. The Morgan fingerprint density at radius 3 is 1.70 bits per heavy atom. The van der Waals surface area contributed by atoms with Crippen molar-refractivity contribution >= 4 is 11.3 Å². The second-order valence-electron chi connectivity index (χ2n) is 1.19. The molecule has 0 saturated heterocycles. The van der Waals surface area contributed by atoms with Crippen molar-refractivity contribution in [1.29, 1.82) is 0 Å². The van der Waals surface area contributed by atoms with E-state index in [0.29, 0.717) is 0 Å². The van der Waals surface area contributed by atoms with Crippen LogP contribution in [0.2, 0.25) is 0 Å². The highest BCUT2D eigenvalue weighted by Gasteiger charge is 1.81. The van der Waals surface area contributed by atoms with E-state index in [1.165, 1.54) is 0 Å². The SMILES string of the molecule is CC.CC.C[n+]1ccsc1. The van der Waals surface area contributed by atoms with E-state index in [1.807, 2.05) is 56.4 Å². The van der Waals surface area contributed by atoms with E-state index in [4.69, 9.17) is 0 Å². The van der Waals surface area contributed by atoms with Gasteiger partial charge in [-0.3, -0.25) is 0 Å². The van der Waals surface area contributed by atoms with Crippen LogP contribution in [0, 0.1) is 0 Å². The van der Waals surface area contributed by atoms with Crippen LogP contribution >= 0.6 is 11.3 Å². The summed E-state index contributed by atoms with van der Waals surface area (Å²) in [6.07, 6.45) is 2.02. The fraction of sp³-hybridized carbons (Fsp3) is 0.625. The average molecular weight is 160 g/mol. The monoisotopic (exact) mass is 160 g/mol. The van der Waals surface area contributed by atoms with Gasteiger partial charge in [0.05, 0.1) is 5.38 Å². The van der Waals surface area contributed by atoms with Gasteiger partial charge >= 0.3 is 0 Å². The molecule has 0 aliphatic carbocycles. The molecule has 0 aliphatic heterocycles. The number of aryl methyl sites for hydroxylation is 1. The first-order chi connectivity index (χ1) is 4.89. The van der Waals surface area contributed by atoms with Crippen molar-refractivity contribution in [3.05, 3.63) is 17.1 Å². The minimum atomic E-state index is 1.70. The van der Waals surface area contributed by atoms with Crippen molar-refractivity contribution in [2.24, 2.45) is 7.05 Å². The summed E-state index contributed by atoms with van der Waals surface area (Å²) in [5.41, 5.74) is 2.04. The molecule has 1 aromatic heterocycles. The molecule has 0 spiro atoms. The highest BCUT2D eigenvalue weighted by atomic mass is 32.1. The van der Waals surface area contributed by atoms with Crippen LogP contribution in [0.3, 0.4) is 0 Å². The van der Waals surface area contributed by atoms with Gasteiger partial charge in [-0.25, -0.2) is 0 Å². The maximum absolute atomic E-state index is 2.04. The molecule has 0 radical (unpaired) electrons. The zero-order valence-corrected chi connectivity index (χ0v) is 8.40. The van der Waals surface area contributed by atoms with Crippen LogP contribution < -0.4 is 4.57 Å². The Morgan fingerprint density at radius 1 is 1.10 bits per heavy atom. The summed E-state index contributed by atoms with van der Waals surface area (Å²) >= 11 is 1.70. The van der Waals surface area contributed by atoms with Crippen molar-refractivity contribution in [3.63, 3.8) is 0 Å². The molecule has 0 aliphatic rings. The van der Waals surface area contributed by atoms with Crippen molar-refractivity contribution in [2.75, 3.05) is 0 Å². The van der Waals surface area contributed by atoms with Gasteiger partial charge in [0.2, 0.25) is 5.51 Å². The molecule has 1 nitrogen and oxygen atoms in total. The molecule has 10 heavy (non-hydrogen) atoms. The molecule has 0 bridgehead atoms. The first-order valence-corrected chi connectivity index (χ1v) is 4.71. The number of hydrogen-bond acceptors (Lipinski definition) is 1. The quantitative estimate of drug-likeness (QED) is 0.514. The number of nitrogens with zero attached hydrogens (tertiary/aromatic N) is 1. The lowest BCUT2D eigenvalue weighted by molar-refractivity contribution is -0.666. The third-order valence-corrected chi connectivity index (χ3v) is 1.33. The van der Waals surface area contributed by atoms with E-state index in [9.17, 15) is 0 Å². The first-order valence-electron chi connectivity index (χ1n) is 3.77. The molecule has 1 rings (SSSR count). The van der Waals surface area contributed by atoms with Crippen LogP contribution in [-0.4, -0.2) is 0 Å². The summed E-state index contributed by atoms with van der Waals surface area (Å²) < 4.78 is 2.02. The van der Waals surface area contributed by atoms with Crippen LogP contribution in [0.4, 0.5) is 0 Å². The van der Waals surface area contributed by atoms with Crippen LogP contribution in [0.15, 0.2) is 17.1 Å². The summed E-state index contributed by atoms with van der Waals surface area (Å²) in [7, 11) is 2.01. The zero-order valence-electron chi connectivity index (χ0n) is 7.59. The van der Waals surface area contributed by atoms with Gasteiger partial charge in [-0.05, 0) is 0 Å². The molecule has 0 atom stereocenters. The minimum Gasteiger partial charge on any atom is -0.198 e. The van der Waals surface area contributed by atoms with Gasteiger partial charge < -0.3 is 0 Å². The van der Waals surface area contributed by atoms with Crippen molar-refractivity contribution in [3.8, 4) is 0 Å². The van der Waals surface area contributed by atoms with Crippen molar-refractivity contribution in [2.45, 2.75) is 27.7 Å². The highest BCUT2D eigenvalue weighted by Crippen LogP contribution is 1.83. The van der Waals surface area contributed by atoms with Gasteiger partial charge in [-0.1, -0.05) is 39.0 Å². The molecular weight excluding hydrogens is 142 g/mol. The van der Waals surface area contributed by atoms with E-state index in [-0.39, 0.29) is 0 Å². The van der Waals surface area contributed by atoms with Gasteiger partial charge in [-0.15, -0.1) is 0 Å². The van der Waals surface area contributed by atoms with Crippen LogP contribution in [0.25, 0.3) is 0 Å². The maximum atomic E-state index is 2.04. The lowest BCUT2D eigenvalue weighted by atomic mass is 10.9. The van der Waals surface area contributed by atoms with Gasteiger partial charge in [0.1, 0.15) is 7.05 Å². The molecule has 0 N–H and O–H groups in total. The topological polar surface area (TPSA) is 3.88 Å². The largest absolute Gasteiger partial charge is 0.224 e. The minimum absolute atomic E-state index is 1.70. The zero-order chi connectivity index (χ0) is 8.41. The normalized spacial score (nSPS) is 6.50. The fourth-order valence-corrected chi connectivity index (χ4v) is 0.892. The molecule has 0 aromatic carbocycles. The third kappa shape index (κ3) is 7.63. The van der Waals surface area contributed by atoms with E-state index in [2.05, 4.69) is 0 Å². The number of rotatable bonds is 0. The van der Waals surface area contributed by atoms with Gasteiger partial charge in [-0.2, -0.15) is 4.57 Å². The molecule has 1 heterocycles. The van der Waals surface area contributed by atoms with Crippen LogP contribution in [0.1, 0.15) is 27.7 Å². The summed E-state index contributed by atoms with van der Waals surface area (Å²) in [6, 6.07) is 0. The van der Waals surface area contributed by atoms with E-state index < -0.39 is 0 Å². The predicted octanol–water partition coefficient (Wildman–Crippen LogP) is 2.63. The Labute approximate surface area is 68.3 Å². The lowest BCUT2D eigenvalue weighted by Crippen LogP contribution is -2.21. The molecule has 0 unspecified atom stereocenters. The fourth-order valence-electron chi connectivity index (χ4n) is 0.297. The molecule has 2 heteroatoms. The third-order valence-electron chi connectivity index (χ3n) is 0.602. The molecular formula is C8H18NS+. The van der Waals surface area contributed by atoms with Crippen molar-refractivity contribution in [1.82, 2.24) is 0 Å². The Hall–Kier alpha value is -0.370. The Kier molecular flexibility index (Phi) is 14.1. The molecule has 0 fully saturated rings. The van der Waals surface area contributed by atoms with Gasteiger partial charge in [0.25, 0.3) is 0 Å². The Morgan fingerprint density at radius 2 is 1.60 bits per heavy atom. The predicted molar refractivity (Wildman–Crippen MR) is 48.2 cm³/mol. The number of aromatic nitrogens is 1. The second-order valence-corrected chi connectivity index (χ2v) is 1.95. The Balaban J connectivity index is 0. The first kappa shape index (κ1) is 12.3. The summed E-state index contributed by atoms with van der Waals surface area (Å²) in [4.78, 5) is 0. The number of thiazole rings is 1. The summed E-state index contributed by atoms with van der Waals surface area (Å²) in [5.74, 6) is 0. The van der Waals surface area contributed by atoms with E-state index in [1.54, 1.807) is 11.3 Å². The van der Waals surface area contributed by atoms with Crippen LogP contribution in [0.5, 0.6) is 0 Å². The average Bonchev–Trinajstić information content (AvgIpc) is 2.48. The van der Waals surface area contributed by atoms with Gasteiger partial charge in [0.15, 0.2) is 6.20 Å². The molecule has 60 valence electrons. The van der Waals surface area contributed by atoms with E-state index in [0.717, 1.165) is 0 Å². The van der Waals surface area contributed by atoms with E-state index >= 15 is 0 Å². The molecule has 0 amide bonds. The summed E-state index contributed by atoms with van der Waals surface area (Å²) in [6.45, 7) is 8.00.